The maximum Gasteiger partial charge on any atom is 0.0714 e. The molecule has 5 aromatic carbocycles. The lowest BCUT2D eigenvalue weighted by Gasteiger charge is -2.34. The zero-order valence-corrected chi connectivity index (χ0v) is 17.9. The van der Waals surface area contributed by atoms with Crippen molar-refractivity contribution in [1.29, 1.82) is 0 Å². The summed E-state index contributed by atoms with van der Waals surface area (Å²) >= 11 is 3.90. The van der Waals surface area contributed by atoms with Crippen LogP contribution in [0.25, 0.3) is 21.9 Å². The first-order valence-electron chi connectivity index (χ1n) is 10.2. The minimum atomic E-state index is -0.346. The first-order valence-corrected chi connectivity index (χ1v) is 11.0. The van der Waals surface area contributed by atoms with Gasteiger partial charge in [-0.25, -0.2) is 0 Å². The average molecular weight is 447 g/mol. The third-order valence-corrected chi connectivity index (χ3v) is 7.08. The molecule has 0 heterocycles. The molecule has 0 unspecified atom stereocenters. The maximum atomic E-state index is 3.90. The van der Waals surface area contributed by atoms with Crippen LogP contribution in [-0.2, 0) is 5.41 Å². The van der Waals surface area contributed by atoms with Gasteiger partial charge in [0.05, 0.1) is 5.41 Å². The van der Waals surface area contributed by atoms with E-state index in [0.717, 1.165) is 4.47 Å². The molecule has 6 rings (SSSR count). The van der Waals surface area contributed by atoms with Gasteiger partial charge in [0.2, 0.25) is 0 Å². The van der Waals surface area contributed by atoms with Crippen molar-refractivity contribution >= 4 is 26.7 Å². The Kier molecular flexibility index (Phi) is 3.94. The van der Waals surface area contributed by atoms with Gasteiger partial charge in [0.25, 0.3) is 0 Å². The second-order valence-corrected chi connectivity index (χ2v) is 8.71. The SMILES string of the molecule is Brc1cccc2c1-c1c(ccc3ccccc13)C2(c1ccccc1)c1ccccc1. The molecule has 1 heteroatoms. The molecule has 0 amide bonds. The summed E-state index contributed by atoms with van der Waals surface area (Å²) < 4.78 is 1.14. The van der Waals surface area contributed by atoms with Crippen LogP contribution in [-0.4, -0.2) is 0 Å². The molecule has 0 nitrogen and oxygen atoms in total. The van der Waals surface area contributed by atoms with Crippen LogP contribution in [0.15, 0.2) is 120 Å². The zero-order valence-electron chi connectivity index (χ0n) is 16.3. The Hall–Kier alpha value is -3.16. The molecule has 0 fully saturated rings. The summed E-state index contributed by atoms with van der Waals surface area (Å²) in [5.41, 5.74) is 7.57. The maximum absolute atomic E-state index is 3.90. The lowest BCUT2D eigenvalue weighted by atomic mass is 9.67. The van der Waals surface area contributed by atoms with E-state index in [1.165, 1.54) is 44.2 Å². The molecule has 0 aromatic heterocycles. The van der Waals surface area contributed by atoms with Gasteiger partial charge in [-0.2, -0.15) is 0 Å². The molecule has 142 valence electrons. The van der Waals surface area contributed by atoms with Crippen LogP contribution in [0, 0.1) is 0 Å². The minimum absolute atomic E-state index is 0.346. The molecule has 0 saturated carbocycles. The molecule has 0 spiro atoms. The average Bonchev–Trinajstić information content (AvgIpc) is 3.13. The van der Waals surface area contributed by atoms with E-state index in [0.29, 0.717) is 0 Å². The highest BCUT2D eigenvalue weighted by atomic mass is 79.9. The second-order valence-electron chi connectivity index (χ2n) is 7.85. The Labute approximate surface area is 185 Å². The fourth-order valence-corrected chi connectivity index (χ4v) is 5.82. The molecule has 1 aliphatic rings. The molecule has 0 bridgehead atoms. The largest absolute Gasteiger partial charge is 0.0714 e. The third-order valence-electron chi connectivity index (χ3n) is 6.41. The van der Waals surface area contributed by atoms with Gasteiger partial charge in [-0.05, 0) is 44.7 Å². The van der Waals surface area contributed by atoms with E-state index >= 15 is 0 Å². The fourth-order valence-electron chi connectivity index (χ4n) is 5.25. The van der Waals surface area contributed by atoms with Gasteiger partial charge < -0.3 is 0 Å². The number of hydrogen-bond donors (Lipinski definition) is 0. The van der Waals surface area contributed by atoms with Crippen LogP contribution < -0.4 is 0 Å². The lowest BCUT2D eigenvalue weighted by Crippen LogP contribution is -2.28. The first kappa shape index (κ1) is 17.7. The van der Waals surface area contributed by atoms with Crippen LogP contribution >= 0.6 is 15.9 Å². The smallest absolute Gasteiger partial charge is 0.0622 e. The van der Waals surface area contributed by atoms with Crippen LogP contribution in [0.2, 0.25) is 0 Å². The number of rotatable bonds is 2. The van der Waals surface area contributed by atoms with Gasteiger partial charge in [0.1, 0.15) is 0 Å². The van der Waals surface area contributed by atoms with Crippen molar-refractivity contribution in [3.8, 4) is 11.1 Å². The van der Waals surface area contributed by atoms with Crippen molar-refractivity contribution < 1.29 is 0 Å². The molecule has 0 radical (unpaired) electrons. The normalized spacial score (nSPS) is 13.8. The highest BCUT2D eigenvalue weighted by Gasteiger charge is 2.47. The highest BCUT2D eigenvalue weighted by Crippen LogP contribution is 2.59. The molecule has 0 aliphatic heterocycles. The minimum Gasteiger partial charge on any atom is -0.0622 e. The van der Waals surface area contributed by atoms with Crippen molar-refractivity contribution in [1.82, 2.24) is 0 Å². The summed E-state index contributed by atoms with van der Waals surface area (Å²) in [6.07, 6.45) is 0. The predicted molar refractivity (Wildman–Crippen MR) is 129 cm³/mol. The number of benzene rings is 5. The summed E-state index contributed by atoms with van der Waals surface area (Å²) in [6, 6.07) is 41.8. The van der Waals surface area contributed by atoms with E-state index in [2.05, 4.69) is 131 Å². The Balaban J connectivity index is 1.88. The molecule has 5 aromatic rings. The molecular weight excluding hydrogens is 428 g/mol. The summed E-state index contributed by atoms with van der Waals surface area (Å²) in [6.45, 7) is 0. The molecule has 0 atom stereocenters. The monoisotopic (exact) mass is 446 g/mol. The van der Waals surface area contributed by atoms with Crippen LogP contribution in [0.1, 0.15) is 22.3 Å². The van der Waals surface area contributed by atoms with Crippen LogP contribution in [0.3, 0.4) is 0 Å². The number of fused-ring (bicyclic) bond motifs is 5. The topological polar surface area (TPSA) is 0 Å². The van der Waals surface area contributed by atoms with Crippen molar-refractivity contribution in [2.45, 2.75) is 5.41 Å². The summed E-state index contributed by atoms with van der Waals surface area (Å²) in [5, 5.41) is 2.58. The van der Waals surface area contributed by atoms with Gasteiger partial charge in [0.15, 0.2) is 0 Å². The third kappa shape index (κ3) is 2.27. The fraction of sp³-hybridized carbons (Fsp3) is 0.0345. The molecule has 0 N–H and O–H groups in total. The van der Waals surface area contributed by atoms with Crippen molar-refractivity contribution in [3.63, 3.8) is 0 Å². The van der Waals surface area contributed by atoms with E-state index in [9.17, 15) is 0 Å². The summed E-state index contributed by atoms with van der Waals surface area (Å²) in [7, 11) is 0. The molecule has 0 saturated heterocycles. The van der Waals surface area contributed by atoms with Gasteiger partial charge in [0, 0.05) is 10.0 Å². The predicted octanol–water partition coefficient (Wildman–Crippen LogP) is 7.97. The van der Waals surface area contributed by atoms with Crippen molar-refractivity contribution in [2.75, 3.05) is 0 Å². The zero-order chi connectivity index (χ0) is 20.1. The lowest BCUT2D eigenvalue weighted by molar-refractivity contribution is 0.769. The molecule has 30 heavy (non-hydrogen) atoms. The van der Waals surface area contributed by atoms with Gasteiger partial charge in [-0.15, -0.1) is 0 Å². The van der Waals surface area contributed by atoms with Crippen molar-refractivity contribution in [2.24, 2.45) is 0 Å². The Morgan fingerprint density at radius 1 is 0.467 bits per heavy atom. The Morgan fingerprint density at radius 3 is 1.77 bits per heavy atom. The van der Waals surface area contributed by atoms with E-state index < -0.39 is 0 Å². The summed E-state index contributed by atoms with van der Waals surface area (Å²) in [4.78, 5) is 0. The van der Waals surface area contributed by atoms with Gasteiger partial charge >= 0.3 is 0 Å². The van der Waals surface area contributed by atoms with E-state index in [1.807, 2.05) is 0 Å². The Morgan fingerprint density at radius 2 is 1.07 bits per heavy atom. The standard InChI is InChI=1S/C29H19Br/c30-26-17-9-16-24-28(26)27-23-15-8-7-10-20(23)18-19-25(27)29(24,21-11-3-1-4-12-21)22-13-5-2-6-14-22/h1-19H. The van der Waals surface area contributed by atoms with Gasteiger partial charge in [-0.1, -0.05) is 125 Å². The van der Waals surface area contributed by atoms with E-state index in [1.54, 1.807) is 0 Å². The van der Waals surface area contributed by atoms with Crippen LogP contribution in [0.4, 0.5) is 0 Å². The molecular formula is C29H19Br. The first-order chi connectivity index (χ1) is 14.8. The number of halogens is 1. The van der Waals surface area contributed by atoms with Gasteiger partial charge in [-0.3, -0.25) is 0 Å². The van der Waals surface area contributed by atoms with Crippen LogP contribution in [0.5, 0.6) is 0 Å². The molecule has 1 aliphatic carbocycles. The number of hydrogen-bond acceptors (Lipinski definition) is 0. The highest BCUT2D eigenvalue weighted by molar-refractivity contribution is 9.10. The quantitative estimate of drug-likeness (QED) is 0.253. The Bertz CT molecular complexity index is 1350. The second kappa shape index (κ2) is 6.68. The van der Waals surface area contributed by atoms with E-state index in [-0.39, 0.29) is 5.41 Å². The van der Waals surface area contributed by atoms with Crippen molar-refractivity contribution in [3.05, 3.63) is 142 Å². The van der Waals surface area contributed by atoms with E-state index in [4.69, 9.17) is 0 Å². The summed E-state index contributed by atoms with van der Waals surface area (Å²) in [5.74, 6) is 0.